The summed E-state index contributed by atoms with van der Waals surface area (Å²) in [6.45, 7) is -1.14. The van der Waals surface area contributed by atoms with Crippen LogP contribution in [0.5, 0.6) is 0 Å². The second-order valence-corrected chi connectivity index (χ2v) is 6.07. The minimum absolute atomic E-state index is 0.0329. The Labute approximate surface area is 130 Å². The Morgan fingerprint density at radius 2 is 2.00 bits per heavy atom. The first-order valence-electron chi connectivity index (χ1n) is 6.67. The molecule has 1 saturated heterocycles. The van der Waals surface area contributed by atoms with Gasteiger partial charge in [-0.3, -0.25) is 9.59 Å². The molecule has 0 unspecified atom stereocenters. The van der Waals surface area contributed by atoms with Crippen LogP contribution in [0.4, 0.5) is 18.9 Å². The molecule has 0 aromatic heterocycles. The number of carbonyl (C=O) groups excluding carboxylic acids is 2. The van der Waals surface area contributed by atoms with Gasteiger partial charge in [-0.05, 0) is 18.6 Å². The van der Waals surface area contributed by atoms with Crippen molar-refractivity contribution in [3.63, 3.8) is 0 Å². The lowest BCUT2D eigenvalue weighted by atomic mass is 10.3. The molecule has 0 aliphatic carbocycles. The Hall–Kier alpha value is -1.70. The van der Waals surface area contributed by atoms with Gasteiger partial charge >= 0.3 is 6.18 Å². The topological polar surface area (TPSA) is 49.4 Å². The Bertz CT molecular complexity index is 537. The van der Waals surface area contributed by atoms with Crippen molar-refractivity contribution in [2.45, 2.75) is 17.8 Å². The van der Waals surface area contributed by atoms with Gasteiger partial charge in [0.05, 0.1) is 11.0 Å². The molecule has 1 fully saturated rings. The molecule has 0 saturated carbocycles. The van der Waals surface area contributed by atoms with Crippen molar-refractivity contribution in [2.75, 3.05) is 24.2 Å². The van der Waals surface area contributed by atoms with Gasteiger partial charge in [0.2, 0.25) is 11.8 Å². The third-order valence-corrected chi connectivity index (χ3v) is 4.36. The fourth-order valence-corrected chi connectivity index (χ4v) is 3.12. The van der Waals surface area contributed by atoms with Crippen molar-refractivity contribution in [1.82, 2.24) is 4.90 Å². The highest BCUT2D eigenvalue weighted by molar-refractivity contribution is 8.01. The van der Waals surface area contributed by atoms with Gasteiger partial charge in [-0.1, -0.05) is 18.2 Å². The van der Waals surface area contributed by atoms with Gasteiger partial charge in [0.15, 0.2) is 0 Å². The van der Waals surface area contributed by atoms with E-state index in [2.05, 4.69) is 5.32 Å². The van der Waals surface area contributed by atoms with Crippen LogP contribution in [0.15, 0.2) is 30.3 Å². The first-order valence-corrected chi connectivity index (χ1v) is 7.72. The van der Waals surface area contributed by atoms with Gasteiger partial charge in [0, 0.05) is 12.2 Å². The zero-order valence-corrected chi connectivity index (χ0v) is 12.4. The molecular formula is C14H15F3N2O2S. The maximum atomic E-state index is 12.3. The molecular weight excluding hydrogens is 317 g/mol. The molecule has 2 rings (SSSR count). The van der Waals surface area contributed by atoms with Crippen LogP contribution in [0.2, 0.25) is 0 Å². The van der Waals surface area contributed by atoms with Gasteiger partial charge in [-0.2, -0.15) is 13.2 Å². The number of amides is 2. The highest BCUT2D eigenvalue weighted by Gasteiger charge is 2.39. The number of hydrogen-bond donors (Lipinski definition) is 1. The number of anilines is 1. The van der Waals surface area contributed by atoms with E-state index in [1.165, 1.54) is 0 Å². The van der Waals surface area contributed by atoms with Crippen LogP contribution in [0.1, 0.15) is 6.42 Å². The average Bonchev–Trinajstić information content (AvgIpc) is 2.77. The number of likely N-dealkylation sites (tertiary alicyclic amines) is 1. The molecule has 0 radical (unpaired) electrons. The number of nitrogens with one attached hydrogen (secondary N) is 1. The molecule has 0 spiro atoms. The van der Waals surface area contributed by atoms with Crippen LogP contribution in [0.25, 0.3) is 0 Å². The lowest BCUT2D eigenvalue weighted by Crippen LogP contribution is -2.37. The average molecular weight is 332 g/mol. The summed E-state index contributed by atoms with van der Waals surface area (Å²) in [6.07, 6.45) is -4.06. The Morgan fingerprint density at radius 1 is 1.32 bits per heavy atom. The maximum Gasteiger partial charge on any atom is 0.406 e. The summed E-state index contributed by atoms with van der Waals surface area (Å²) in [6, 6.07) is 8.83. The van der Waals surface area contributed by atoms with E-state index in [-0.39, 0.29) is 18.2 Å². The fourth-order valence-electron chi connectivity index (χ4n) is 2.13. The molecule has 1 aromatic rings. The summed E-state index contributed by atoms with van der Waals surface area (Å²) in [5.41, 5.74) is 0.643. The van der Waals surface area contributed by atoms with Gasteiger partial charge in [-0.15, -0.1) is 11.8 Å². The van der Waals surface area contributed by atoms with Crippen molar-refractivity contribution in [2.24, 2.45) is 0 Å². The van der Waals surface area contributed by atoms with Crippen LogP contribution in [-0.2, 0) is 9.59 Å². The quantitative estimate of drug-likeness (QED) is 0.901. The molecule has 8 heteroatoms. The molecule has 1 heterocycles. The van der Waals surface area contributed by atoms with Gasteiger partial charge in [-0.25, -0.2) is 0 Å². The smallest absolute Gasteiger partial charge is 0.333 e. The van der Waals surface area contributed by atoms with E-state index in [0.717, 1.165) is 16.7 Å². The number of para-hydroxylation sites is 1. The number of hydrogen-bond acceptors (Lipinski definition) is 3. The van der Waals surface area contributed by atoms with E-state index in [1.807, 2.05) is 6.07 Å². The summed E-state index contributed by atoms with van der Waals surface area (Å²) in [5.74, 6) is -0.793. The second kappa shape index (κ2) is 7.04. The number of alkyl halides is 3. The maximum absolute atomic E-state index is 12.3. The monoisotopic (exact) mass is 332 g/mol. The van der Waals surface area contributed by atoms with E-state index >= 15 is 0 Å². The second-order valence-electron chi connectivity index (χ2n) is 4.88. The summed E-state index contributed by atoms with van der Waals surface area (Å²) in [4.78, 5) is 24.4. The number of carbonyl (C=O) groups is 2. The molecule has 1 N–H and O–H groups in total. The molecule has 1 aromatic carbocycles. The Kier molecular flexibility index (Phi) is 5.33. The van der Waals surface area contributed by atoms with Gasteiger partial charge in [0.1, 0.15) is 6.54 Å². The predicted molar refractivity (Wildman–Crippen MR) is 78.6 cm³/mol. The van der Waals surface area contributed by atoms with E-state index in [0.29, 0.717) is 12.1 Å². The highest BCUT2D eigenvalue weighted by Crippen LogP contribution is 2.27. The fraction of sp³-hybridized carbons (Fsp3) is 0.429. The molecule has 1 aliphatic rings. The largest absolute Gasteiger partial charge is 0.406 e. The van der Waals surface area contributed by atoms with Crippen LogP contribution < -0.4 is 5.32 Å². The number of thioether (sulfide) groups is 1. The lowest BCUT2D eigenvalue weighted by molar-refractivity contribution is -0.157. The van der Waals surface area contributed by atoms with E-state index < -0.39 is 23.9 Å². The van der Waals surface area contributed by atoms with E-state index in [9.17, 15) is 22.8 Å². The molecule has 0 bridgehead atoms. The minimum Gasteiger partial charge on any atom is -0.333 e. The zero-order valence-electron chi connectivity index (χ0n) is 11.6. The SMILES string of the molecule is O=C(CS[C@@H]1CCN(CC(F)(F)F)C1=O)Nc1ccccc1. The summed E-state index contributed by atoms with van der Waals surface area (Å²) in [7, 11) is 0. The number of benzene rings is 1. The summed E-state index contributed by atoms with van der Waals surface area (Å²) in [5, 5.41) is 2.09. The van der Waals surface area contributed by atoms with Crippen LogP contribution >= 0.6 is 11.8 Å². The standard InChI is InChI=1S/C14H15F3N2O2S/c15-14(16,17)9-19-7-6-11(13(19)21)22-8-12(20)18-10-4-2-1-3-5-10/h1-5,11H,6-9H2,(H,18,20)/t11-/m1/s1. The number of halogens is 3. The Balaban J connectivity index is 1.78. The molecule has 1 aliphatic heterocycles. The van der Waals surface area contributed by atoms with Crippen LogP contribution in [-0.4, -0.2) is 47.0 Å². The van der Waals surface area contributed by atoms with Crippen molar-refractivity contribution >= 4 is 29.3 Å². The first-order chi connectivity index (χ1) is 10.3. The third-order valence-electron chi connectivity index (χ3n) is 3.09. The summed E-state index contributed by atoms with van der Waals surface area (Å²) >= 11 is 1.08. The molecule has 1 atom stereocenters. The van der Waals surface area contributed by atoms with Crippen molar-refractivity contribution in [3.05, 3.63) is 30.3 Å². The summed E-state index contributed by atoms with van der Waals surface area (Å²) < 4.78 is 36.9. The molecule has 4 nitrogen and oxygen atoms in total. The van der Waals surface area contributed by atoms with Crippen LogP contribution in [0.3, 0.4) is 0 Å². The van der Waals surface area contributed by atoms with Crippen molar-refractivity contribution < 1.29 is 22.8 Å². The van der Waals surface area contributed by atoms with E-state index in [4.69, 9.17) is 0 Å². The van der Waals surface area contributed by atoms with Gasteiger partial charge < -0.3 is 10.2 Å². The third kappa shape index (κ3) is 4.94. The van der Waals surface area contributed by atoms with Crippen LogP contribution in [0, 0.1) is 0 Å². The first kappa shape index (κ1) is 16.7. The predicted octanol–water partition coefficient (Wildman–Crippen LogP) is 2.52. The van der Waals surface area contributed by atoms with Crippen molar-refractivity contribution in [1.29, 1.82) is 0 Å². The van der Waals surface area contributed by atoms with Crippen molar-refractivity contribution in [3.8, 4) is 0 Å². The Morgan fingerprint density at radius 3 is 2.64 bits per heavy atom. The zero-order chi connectivity index (χ0) is 16.2. The van der Waals surface area contributed by atoms with Gasteiger partial charge in [0.25, 0.3) is 0 Å². The lowest BCUT2D eigenvalue weighted by Gasteiger charge is -2.18. The normalized spacial score (nSPS) is 18.6. The molecule has 22 heavy (non-hydrogen) atoms. The molecule has 2 amide bonds. The minimum atomic E-state index is -4.39. The highest BCUT2D eigenvalue weighted by atomic mass is 32.2. The van der Waals surface area contributed by atoms with E-state index in [1.54, 1.807) is 24.3 Å². The number of nitrogens with zero attached hydrogens (tertiary/aromatic N) is 1. The molecule has 120 valence electrons. The number of rotatable bonds is 5.